The maximum absolute atomic E-state index is 9.34. The number of phenols is 1. The molecule has 0 radical (unpaired) electrons. The molecule has 21 heavy (non-hydrogen) atoms. The molecule has 3 rings (SSSR count). The highest BCUT2D eigenvalue weighted by atomic mass is 32.2. The number of aromatic nitrogens is 4. The van der Waals surface area contributed by atoms with E-state index in [4.69, 9.17) is 0 Å². The Bertz CT molecular complexity index is 565. The molecule has 0 bridgehead atoms. The molecule has 0 unspecified atom stereocenters. The second kappa shape index (κ2) is 6.91. The van der Waals surface area contributed by atoms with Gasteiger partial charge in [-0.3, -0.25) is 0 Å². The van der Waals surface area contributed by atoms with Crippen molar-refractivity contribution in [3.63, 3.8) is 0 Å². The third kappa shape index (κ3) is 3.74. The summed E-state index contributed by atoms with van der Waals surface area (Å²) in [5.74, 6) is 2.09. The monoisotopic (exact) mass is 305 g/mol. The highest BCUT2D eigenvalue weighted by Gasteiger charge is 2.14. The van der Waals surface area contributed by atoms with Crippen LogP contribution in [0.5, 0.6) is 5.75 Å². The molecular formula is C14H19N5OS. The first-order chi connectivity index (χ1) is 10.3. The molecule has 0 atom stereocenters. The van der Waals surface area contributed by atoms with Gasteiger partial charge < -0.3 is 10.4 Å². The summed E-state index contributed by atoms with van der Waals surface area (Å²) in [6.07, 6.45) is 3.74. The first-order valence-corrected chi connectivity index (χ1v) is 8.23. The highest BCUT2D eigenvalue weighted by molar-refractivity contribution is 7.99. The lowest BCUT2D eigenvalue weighted by atomic mass is 9.96. The van der Waals surface area contributed by atoms with Crippen LogP contribution in [0, 0.1) is 5.92 Å². The summed E-state index contributed by atoms with van der Waals surface area (Å²) in [4.78, 5) is 0. The molecule has 1 aliphatic heterocycles. The zero-order valence-corrected chi connectivity index (χ0v) is 12.6. The van der Waals surface area contributed by atoms with Crippen LogP contribution in [0.3, 0.4) is 0 Å². The lowest BCUT2D eigenvalue weighted by Crippen LogP contribution is -2.27. The minimum absolute atomic E-state index is 0.243. The Morgan fingerprint density at radius 2 is 2.00 bits per heavy atom. The van der Waals surface area contributed by atoms with Crippen LogP contribution in [-0.2, 0) is 0 Å². The van der Waals surface area contributed by atoms with E-state index in [1.54, 1.807) is 28.6 Å². The van der Waals surface area contributed by atoms with Gasteiger partial charge >= 0.3 is 0 Å². The molecule has 1 aliphatic rings. The van der Waals surface area contributed by atoms with Gasteiger partial charge in [0.1, 0.15) is 5.75 Å². The van der Waals surface area contributed by atoms with Crippen molar-refractivity contribution in [3.8, 4) is 11.4 Å². The van der Waals surface area contributed by atoms with Gasteiger partial charge in [-0.05, 0) is 73.0 Å². The number of phenolic OH excluding ortho intramolecular Hbond substituents is 1. The van der Waals surface area contributed by atoms with E-state index >= 15 is 0 Å². The van der Waals surface area contributed by atoms with Gasteiger partial charge in [-0.2, -0.15) is 4.68 Å². The zero-order valence-electron chi connectivity index (χ0n) is 11.8. The third-order valence-electron chi connectivity index (χ3n) is 3.75. The van der Waals surface area contributed by atoms with E-state index in [-0.39, 0.29) is 5.75 Å². The summed E-state index contributed by atoms with van der Waals surface area (Å²) in [6, 6.07) is 6.89. The average Bonchev–Trinajstić information content (AvgIpc) is 2.98. The van der Waals surface area contributed by atoms with Gasteiger partial charge in [-0.15, -0.1) is 5.10 Å². The maximum atomic E-state index is 9.34. The fraction of sp³-hybridized carbons (Fsp3) is 0.500. The quantitative estimate of drug-likeness (QED) is 0.821. The second-order valence-electron chi connectivity index (χ2n) is 5.22. The second-order valence-corrected chi connectivity index (χ2v) is 6.28. The largest absolute Gasteiger partial charge is 0.508 e. The molecule has 6 nitrogen and oxygen atoms in total. The summed E-state index contributed by atoms with van der Waals surface area (Å²) in [5.41, 5.74) is 0.863. The Morgan fingerprint density at radius 3 is 2.76 bits per heavy atom. The number of hydrogen-bond acceptors (Lipinski definition) is 6. The number of benzene rings is 1. The lowest BCUT2D eigenvalue weighted by molar-refractivity contribution is 0.367. The molecule has 2 N–H and O–H groups in total. The SMILES string of the molecule is Oc1ccc(-n2nnnc2SCCC2CCNCC2)cc1. The summed E-state index contributed by atoms with van der Waals surface area (Å²) >= 11 is 1.69. The number of tetrazole rings is 1. The number of hydrogen-bond donors (Lipinski definition) is 2. The van der Waals surface area contributed by atoms with E-state index in [0.29, 0.717) is 0 Å². The average molecular weight is 305 g/mol. The van der Waals surface area contributed by atoms with Crippen molar-refractivity contribution in [2.75, 3.05) is 18.8 Å². The van der Waals surface area contributed by atoms with Crippen molar-refractivity contribution in [3.05, 3.63) is 24.3 Å². The standard InChI is InChI=1S/C14H19N5OS/c20-13-3-1-12(2-4-13)19-14(16-17-18-19)21-10-7-11-5-8-15-9-6-11/h1-4,11,15,20H,5-10H2. The summed E-state index contributed by atoms with van der Waals surface area (Å²) in [5, 5.41) is 25.4. The van der Waals surface area contributed by atoms with Crippen molar-refractivity contribution in [1.82, 2.24) is 25.5 Å². The third-order valence-corrected chi connectivity index (χ3v) is 4.70. The summed E-state index contributed by atoms with van der Waals surface area (Å²) in [6.45, 7) is 2.28. The van der Waals surface area contributed by atoms with E-state index in [0.717, 1.165) is 35.6 Å². The molecule has 0 spiro atoms. The highest BCUT2D eigenvalue weighted by Crippen LogP contribution is 2.24. The number of rotatable bonds is 5. The smallest absolute Gasteiger partial charge is 0.214 e. The van der Waals surface area contributed by atoms with E-state index < -0.39 is 0 Å². The molecule has 7 heteroatoms. The van der Waals surface area contributed by atoms with E-state index in [1.165, 1.54) is 19.3 Å². The minimum Gasteiger partial charge on any atom is -0.508 e. The number of thioether (sulfide) groups is 1. The summed E-state index contributed by atoms with van der Waals surface area (Å²) in [7, 11) is 0. The Labute approximate surface area is 127 Å². The van der Waals surface area contributed by atoms with Crippen LogP contribution < -0.4 is 5.32 Å². The first-order valence-electron chi connectivity index (χ1n) is 7.24. The Morgan fingerprint density at radius 1 is 1.24 bits per heavy atom. The van der Waals surface area contributed by atoms with Crippen LogP contribution in [0.4, 0.5) is 0 Å². The number of piperidine rings is 1. The maximum Gasteiger partial charge on any atom is 0.214 e. The molecular weight excluding hydrogens is 286 g/mol. The Balaban J connectivity index is 1.59. The van der Waals surface area contributed by atoms with Gasteiger partial charge in [0.2, 0.25) is 5.16 Å². The molecule has 1 saturated heterocycles. The van der Waals surface area contributed by atoms with Crippen molar-refractivity contribution in [1.29, 1.82) is 0 Å². The van der Waals surface area contributed by atoms with Crippen molar-refractivity contribution >= 4 is 11.8 Å². The van der Waals surface area contributed by atoms with Gasteiger partial charge in [-0.1, -0.05) is 11.8 Å². The molecule has 2 aromatic rings. The first kappa shape index (κ1) is 14.3. The van der Waals surface area contributed by atoms with Crippen molar-refractivity contribution < 1.29 is 5.11 Å². The number of aromatic hydroxyl groups is 1. The predicted octanol–water partition coefficient (Wildman–Crippen LogP) is 1.85. The Hall–Kier alpha value is -1.60. The van der Waals surface area contributed by atoms with E-state index in [2.05, 4.69) is 20.8 Å². The normalized spacial score (nSPS) is 16.2. The number of nitrogens with zero attached hydrogens (tertiary/aromatic N) is 4. The van der Waals surface area contributed by atoms with Gasteiger partial charge in [-0.25, -0.2) is 0 Å². The van der Waals surface area contributed by atoms with E-state index in [1.807, 2.05) is 12.1 Å². The Kier molecular flexibility index (Phi) is 4.72. The van der Waals surface area contributed by atoms with Crippen LogP contribution in [0.1, 0.15) is 19.3 Å². The predicted molar refractivity (Wildman–Crippen MR) is 81.8 cm³/mol. The molecule has 2 heterocycles. The van der Waals surface area contributed by atoms with Crippen LogP contribution in [0.25, 0.3) is 5.69 Å². The van der Waals surface area contributed by atoms with Crippen LogP contribution in [0.2, 0.25) is 0 Å². The van der Waals surface area contributed by atoms with Gasteiger partial charge in [0.05, 0.1) is 5.69 Å². The zero-order chi connectivity index (χ0) is 14.5. The number of nitrogens with one attached hydrogen (secondary N) is 1. The van der Waals surface area contributed by atoms with Gasteiger partial charge in [0.25, 0.3) is 0 Å². The molecule has 1 fully saturated rings. The molecule has 0 aliphatic carbocycles. The fourth-order valence-electron chi connectivity index (χ4n) is 2.51. The van der Waals surface area contributed by atoms with Gasteiger partial charge in [0, 0.05) is 5.75 Å². The molecule has 112 valence electrons. The lowest BCUT2D eigenvalue weighted by Gasteiger charge is -2.21. The van der Waals surface area contributed by atoms with Crippen molar-refractivity contribution in [2.24, 2.45) is 5.92 Å². The van der Waals surface area contributed by atoms with Crippen LogP contribution in [0.15, 0.2) is 29.4 Å². The minimum atomic E-state index is 0.243. The molecule has 1 aromatic heterocycles. The van der Waals surface area contributed by atoms with Crippen LogP contribution >= 0.6 is 11.8 Å². The molecule has 0 saturated carbocycles. The molecule has 0 amide bonds. The van der Waals surface area contributed by atoms with E-state index in [9.17, 15) is 5.11 Å². The fourth-order valence-corrected chi connectivity index (χ4v) is 3.50. The topological polar surface area (TPSA) is 75.9 Å². The van der Waals surface area contributed by atoms with Crippen molar-refractivity contribution in [2.45, 2.75) is 24.4 Å². The summed E-state index contributed by atoms with van der Waals surface area (Å²) < 4.78 is 1.71. The van der Waals surface area contributed by atoms with Crippen LogP contribution in [-0.4, -0.2) is 44.2 Å². The molecule has 1 aromatic carbocycles. The van der Waals surface area contributed by atoms with Gasteiger partial charge in [0.15, 0.2) is 0 Å².